The van der Waals surface area contributed by atoms with Crippen molar-refractivity contribution in [3.63, 3.8) is 0 Å². The van der Waals surface area contributed by atoms with Crippen molar-refractivity contribution in [3.05, 3.63) is 94.6 Å². The summed E-state index contributed by atoms with van der Waals surface area (Å²) in [5, 5.41) is 18.3. The summed E-state index contributed by atoms with van der Waals surface area (Å²) < 4.78 is 123. The molecule has 16 heteroatoms. The summed E-state index contributed by atoms with van der Waals surface area (Å²) in [6.45, 7) is 0. The van der Waals surface area contributed by atoms with Crippen molar-refractivity contribution in [2.75, 3.05) is 12.4 Å². The molecule has 6 atom stereocenters. The van der Waals surface area contributed by atoms with Crippen LogP contribution in [0.4, 0.5) is 40.8 Å². The molecule has 4 saturated carbocycles. The van der Waals surface area contributed by atoms with Crippen molar-refractivity contribution >= 4 is 17.5 Å². The molecule has 2 amide bonds. The Labute approximate surface area is 323 Å². The van der Waals surface area contributed by atoms with Crippen LogP contribution in [0.5, 0.6) is 5.75 Å². The second-order valence-corrected chi connectivity index (χ2v) is 15.2. The molecule has 3 aromatic rings. The van der Waals surface area contributed by atoms with Gasteiger partial charge in [0, 0.05) is 29.3 Å². The largest absolute Gasteiger partial charge is 0.496 e. The van der Waals surface area contributed by atoms with Crippen molar-refractivity contribution in [2.45, 2.75) is 88.3 Å². The van der Waals surface area contributed by atoms with Crippen molar-refractivity contribution in [1.29, 1.82) is 0 Å². The number of alkyl halides is 6. The number of amides is 2. The van der Waals surface area contributed by atoms with E-state index in [2.05, 4.69) is 22.0 Å². The van der Waals surface area contributed by atoms with Gasteiger partial charge in [0.05, 0.1) is 24.2 Å². The monoisotopic (exact) mass is 807 g/mol. The molecule has 306 valence electrons. The van der Waals surface area contributed by atoms with Crippen molar-refractivity contribution in [1.82, 2.24) is 10.6 Å². The average molecular weight is 808 g/mol. The first-order chi connectivity index (χ1) is 27.0. The van der Waals surface area contributed by atoms with Crippen LogP contribution in [0.15, 0.2) is 66.2 Å². The molecule has 2 bridgehead atoms. The lowest BCUT2D eigenvalue weighted by atomic mass is 9.82. The minimum Gasteiger partial charge on any atom is -0.496 e. The molecule has 3 aromatic carbocycles. The van der Waals surface area contributed by atoms with Crippen LogP contribution in [-0.4, -0.2) is 48.7 Å². The lowest BCUT2D eigenvalue weighted by molar-refractivity contribution is -0.274. The average Bonchev–Trinajstić information content (AvgIpc) is 3.65. The molecule has 4 aliphatic carbocycles. The number of nitrogens with one attached hydrogen (secondary N) is 3. The third kappa shape index (κ3) is 8.53. The van der Waals surface area contributed by atoms with Crippen LogP contribution >= 0.6 is 0 Å². The van der Waals surface area contributed by atoms with E-state index in [1.807, 2.05) is 0 Å². The molecule has 0 spiro atoms. The van der Waals surface area contributed by atoms with E-state index in [-0.39, 0.29) is 46.0 Å². The van der Waals surface area contributed by atoms with Gasteiger partial charge in [-0.2, -0.15) is 26.3 Å². The van der Waals surface area contributed by atoms with E-state index in [4.69, 9.17) is 9.47 Å². The highest BCUT2D eigenvalue weighted by atomic mass is 19.4. The molecular formula is C41H41F8N3O5. The van der Waals surface area contributed by atoms with E-state index in [1.165, 1.54) is 25.3 Å². The second-order valence-electron chi connectivity index (χ2n) is 15.2. The Morgan fingerprint density at radius 1 is 0.860 bits per heavy atom. The Morgan fingerprint density at radius 3 is 2.19 bits per heavy atom. The number of methoxy groups -OCH3 is 1. The fourth-order valence-corrected chi connectivity index (χ4v) is 8.45. The Morgan fingerprint density at radius 2 is 1.56 bits per heavy atom. The summed E-state index contributed by atoms with van der Waals surface area (Å²) >= 11 is 0. The molecule has 0 saturated heterocycles. The summed E-state index contributed by atoms with van der Waals surface area (Å²) in [7, 11) is 1.28. The number of benzene rings is 3. The van der Waals surface area contributed by atoms with E-state index < -0.39 is 71.4 Å². The number of ether oxygens (including phenoxy) is 2. The van der Waals surface area contributed by atoms with Gasteiger partial charge in [-0.25, -0.2) is 8.78 Å². The predicted octanol–water partition coefficient (Wildman–Crippen LogP) is 8.82. The first-order valence-electron chi connectivity index (χ1n) is 18.9. The minimum absolute atomic E-state index is 0.0129. The van der Waals surface area contributed by atoms with Gasteiger partial charge < -0.3 is 25.2 Å². The van der Waals surface area contributed by atoms with Crippen LogP contribution in [-0.2, 0) is 15.7 Å². The zero-order chi connectivity index (χ0) is 40.8. The second kappa shape index (κ2) is 16.0. The minimum atomic E-state index is -5.01. The van der Waals surface area contributed by atoms with E-state index in [1.54, 1.807) is 0 Å². The molecule has 4 fully saturated rings. The molecule has 3 unspecified atom stereocenters. The van der Waals surface area contributed by atoms with E-state index in [0.29, 0.717) is 43.7 Å². The number of aliphatic hydroxyl groups excluding tert-OH is 1. The van der Waals surface area contributed by atoms with Gasteiger partial charge in [0.2, 0.25) is 12.3 Å². The first kappa shape index (κ1) is 40.6. The zero-order valence-electron chi connectivity index (χ0n) is 30.7. The van der Waals surface area contributed by atoms with Gasteiger partial charge in [-0.1, -0.05) is 36.6 Å². The van der Waals surface area contributed by atoms with Crippen LogP contribution < -0.4 is 20.7 Å². The zero-order valence-corrected chi connectivity index (χ0v) is 30.7. The Kier molecular flexibility index (Phi) is 11.4. The lowest BCUT2D eigenvalue weighted by Gasteiger charge is -2.31. The van der Waals surface area contributed by atoms with Crippen LogP contribution in [0.25, 0.3) is 11.1 Å². The Balaban J connectivity index is 1.17. The van der Waals surface area contributed by atoms with Crippen molar-refractivity contribution < 1.29 is 59.3 Å². The number of fused-ring (bicyclic) bond motifs is 2. The summed E-state index contributed by atoms with van der Waals surface area (Å²) in [5.74, 6) is -5.03. The van der Waals surface area contributed by atoms with E-state index in [0.717, 1.165) is 55.5 Å². The van der Waals surface area contributed by atoms with Gasteiger partial charge in [-0.15, -0.1) is 0 Å². The molecule has 0 aliphatic heterocycles. The predicted molar refractivity (Wildman–Crippen MR) is 191 cm³/mol. The number of hydrogen-bond donors (Lipinski definition) is 4. The lowest BCUT2D eigenvalue weighted by Crippen LogP contribution is -2.48. The van der Waals surface area contributed by atoms with Gasteiger partial charge in [0.25, 0.3) is 5.91 Å². The van der Waals surface area contributed by atoms with E-state index in [9.17, 15) is 45.4 Å². The quantitative estimate of drug-likeness (QED) is 0.0828. The highest BCUT2D eigenvalue weighted by Crippen LogP contribution is 2.54. The maximum atomic E-state index is 15.4. The van der Waals surface area contributed by atoms with Gasteiger partial charge in [-0.05, 0) is 104 Å². The number of aliphatic hydroxyl groups is 1. The van der Waals surface area contributed by atoms with Crippen LogP contribution in [0, 0.1) is 35.3 Å². The molecule has 0 radical (unpaired) electrons. The molecule has 0 heterocycles. The summed E-state index contributed by atoms with van der Waals surface area (Å²) in [4.78, 5) is 28.1. The van der Waals surface area contributed by atoms with E-state index >= 15 is 4.39 Å². The highest BCUT2D eigenvalue weighted by Gasteiger charge is 2.55. The van der Waals surface area contributed by atoms with Gasteiger partial charge in [0.1, 0.15) is 17.4 Å². The molecule has 0 aromatic heterocycles. The topological polar surface area (TPSA) is 109 Å². The third-order valence-corrected chi connectivity index (χ3v) is 11.7. The standard InChI is InChI=1S/C41H41F8N3O5/c1-56-33-15-9-21(27-18-22(8-13-31(27)42)36(41(47,48)49)57-39(55)51-23-6-3-7-23)17-29(33)37(53)52-35-26-12-11-25(28(26)16-20-4-2-5-20)34(35)38(54)50-24-10-14-32(43)30(19-24)40(44,45)46/h8-10,13-20,23,25-26,34-36,39,51,55H,2-7,11-12H2,1H3,(H,50,54)(H,52,53)/b28-16-/t25?,26?,34-,35+,36-,39?/m0/s1. The smallest absolute Gasteiger partial charge is 0.419 e. The normalized spacial score (nSPS) is 24.1. The molecule has 7 rings (SSSR count). The number of carbonyl (C=O) groups excluding carboxylic acids is 2. The number of rotatable bonds is 12. The molecule has 4 N–H and O–H groups in total. The van der Waals surface area contributed by atoms with Crippen LogP contribution in [0.1, 0.15) is 79.0 Å². The molecule has 4 aliphatic rings. The number of halogens is 8. The number of anilines is 1. The van der Waals surface area contributed by atoms with Crippen LogP contribution in [0.3, 0.4) is 0 Å². The first-order valence-corrected chi connectivity index (χ1v) is 18.9. The summed E-state index contributed by atoms with van der Waals surface area (Å²) in [5.41, 5.74) is -1.74. The molecular weight excluding hydrogens is 766 g/mol. The van der Waals surface area contributed by atoms with Gasteiger partial charge in [0.15, 0.2) is 6.10 Å². The Bertz CT molecular complexity index is 2030. The van der Waals surface area contributed by atoms with Crippen molar-refractivity contribution in [2.24, 2.45) is 23.7 Å². The number of hydrogen-bond acceptors (Lipinski definition) is 6. The maximum absolute atomic E-state index is 15.4. The summed E-state index contributed by atoms with van der Waals surface area (Å²) in [6, 6.07) is 7.74. The Hall–Kier alpha value is -4.54. The molecule has 8 nitrogen and oxygen atoms in total. The van der Waals surface area contributed by atoms with Gasteiger partial charge in [-0.3, -0.25) is 14.9 Å². The molecule has 57 heavy (non-hydrogen) atoms. The summed E-state index contributed by atoms with van der Waals surface area (Å²) in [6.07, 6.45) is -6.06. The van der Waals surface area contributed by atoms with Crippen molar-refractivity contribution in [3.8, 4) is 16.9 Å². The number of allylic oxidation sites excluding steroid dienone is 1. The third-order valence-electron chi connectivity index (χ3n) is 11.7. The fraction of sp³-hybridized carbons (Fsp3) is 0.463. The maximum Gasteiger partial charge on any atom is 0.419 e. The van der Waals surface area contributed by atoms with Crippen LogP contribution in [0.2, 0.25) is 0 Å². The number of carbonyl (C=O) groups is 2. The SMILES string of the molecule is COc1ccc(-c2cc([C@H](OC(O)NC3CCC3)C(F)(F)F)ccc2F)cc1C(=O)N[C@@H]1C2CCC(/C2=C/C2CCC2)[C@@H]1C(=O)Nc1ccc(F)c(C(F)(F)F)c1. The highest BCUT2D eigenvalue weighted by molar-refractivity contribution is 6.00. The fourth-order valence-electron chi connectivity index (χ4n) is 8.45. The van der Waals surface area contributed by atoms with Gasteiger partial charge >= 0.3 is 12.4 Å².